The van der Waals surface area contributed by atoms with Crippen LogP contribution < -0.4 is 5.73 Å². The maximum Gasteiger partial charge on any atom is 0.225 e. The highest BCUT2D eigenvalue weighted by molar-refractivity contribution is 5.77. The molecule has 0 aromatic carbocycles. The van der Waals surface area contributed by atoms with Gasteiger partial charge in [-0.2, -0.15) is 0 Å². The van der Waals surface area contributed by atoms with Crippen LogP contribution in [0.25, 0.3) is 0 Å². The fraction of sp³-hybridized carbons (Fsp3) is 0.923. The predicted octanol–water partition coefficient (Wildman–Crippen LogP) is 0.997. The van der Waals surface area contributed by atoms with Crippen molar-refractivity contribution in [2.24, 2.45) is 17.6 Å². The molecule has 98 valence electrons. The molecular weight excluding hydrogens is 216 g/mol. The van der Waals surface area contributed by atoms with Crippen LogP contribution in [0.5, 0.6) is 0 Å². The lowest BCUT2D eigenvalue weighted by Gasteiger charge is -2.29. The summed E-state index contributed by atoms with van der Waals surface area (Å²) in [5.74, 6) is 1.71. The Balaban J connectivity index is 1.88. The van der Waals surface area contributed by atoms with Gasteiger partial charge in [-0.15, -0.1) is 0 Å². The number of carbonyl (C=O) groups excluding carboxylic acids is 1. The fourth-order valence-corrected chi connectivity index (χ4v) is 2.66. The van der Waals surface area contributed by atoms with Crippen molar-refractivity contribution in [1.29, 1.82) is 0 Å². The Bertz CT molecular complexity index is 259. The average molecular weight is 240 g/mol. The summed E-state index contributed by atoms with van der Waals surface area (Å²) in [5.41, 5.74) is 5.56. The number of ether oxygens (including phenoxy) is 1. The van der Waals surface area contributed by atoms with E-state index in [1.807, 2.05) is 11.9 Å². The number of amides is 1. The number of nitrogens with two attached hydrogens (primary N) is 1. The Labute approximate surface area is 103 Å². The molecule has 2 rings (SSSR count). The Hall–Kier alpha value is -0.610. The zero-order valence-corrected chi connectivity index (χ0v) is 10.9. The van der Waals surface area contributed by atoms with Crippen LogP contribution in [-0.4, -0.2) is 43.7 Å². The highest BCUT2D eigenvalue weighted by Gasteiger charge is 2.44. The molecule has 2 saturated carbocycles. The van der Waals surface area contributed by atoms with Crippen molar-refractivity contribution in [1.82, 2.24) is 4.90 Å². The van der Waals surface area contributed by atoms with Crippen LogP contribution in [0.15, 0.2) is 0 Å². The van der Waals surface area contributed by atoms with Crippen LogP contribution in [0.3, 0.4) is 0 Å². The molecule has 1 unspecified atom stereocenters. The first kappa shape index (κ1) is 12.8. The molecule has 0 aliphatic heterocycles. The Kier molecular flexibility index (Phi) is 4.05. The summed E-state index contributed by atoms with van der Waals surface area (Å²) >= 11 is 0. The van der Waals surface area contributed by atoms with Gasteiger partial charge in [0.1, 0.15) is 0 Å². The molecule has 0 aromatic rings. The predicted molar refractivity (Wildman–Crippen MR) is 66.5 cm³/mol. The van der Waals surface area contributed by atoms with Gasteiger partial charge in [0.15, 0.2) is 0 Å². The van der Waals surface area contributed by atoms with E-state index >= 15 is 0 Å². The molecule has 0 spiro atoms. The monoisotopic (exact) mass is 240 g/mol. The van der Waals surface area contributed by atoms with Crippen LogP contribution in [0.1, 0.15) is 32.1 Å². The van der Waals surface area contributed by atoms with Gasteiger partial charge in [0.2, 0.25) is 5.91 Å². The number of hydrogen-bond donors (Lipinski definition) is 1. The number of carbonyl (C=O) groups is 1. The lowest BCUT2D eigenvalue weighted by molar-refractivity contribution is -0.135. The van der Waals surface area contributed by atoms with E-state index in [2.05, 4.69) is 0 Å². The summed E-state index contributed by atoms with van der Waals surface area (Å²) in [6.07, 6.45) is 5.46. The first-order chi connectivity index (χ1) is 8.17. The number of rotatable bonds is 7. The smallest absolute Gasteiger partial charge is 0.225 e. The molecule has 1 amide bonds. The third kappa shape index (κ3) is 3.19. The first-order valence-corrected chi connectivity index (χ1v) is 6.66. The van der Waals surface area contributed by atoms with E-state index in [4.69, 9.17) is 10.5 Å². The van der Waals surface area contributed by atoms with E-state index in [-0.39, 0.29) is 12.0 Å². The van der Waals surface area contributed by atoms with Gasteiger partial charge < -0.3 is 15.4 Å². The Morgan fingerprint density at radius 1 is 1.35 bits per heavy atom. The van der Waals surface area contributed by atoms with Gasteiger partial charge in [0.05, 0.1) is 12.5 Å². The molecule has 4 nitrogen and oxygen atoms in total. The number of nitrogens with zero attached hydrogens (tertiary/aromatic N) is 1. The molecule has 0 radical (unpaired) electrons. The minimum Gasteiger partial charge on any atom is -0.380 e. The topological polar surface area (TPSA) is 55.6 Å². The molecular formula is C13H24N2O2. The fourth-order valence-electron chi connectivity index (χ4n) is 2.66. The van der Waals surface area contributed by atoms with Gasteiger partial charge in [-0.25, -0.2) is 0 Å². The van der Waals surface area contributed by atoms with Gasteiger partial charge in [-0.1, -0.05) is 0 Å². The third-order valence-electron chi connectivity index (χ3n) is 4.05. The van der Waals surface area contributed by atoms with Crippen LogP contribution in [0.4, 0.5) is 0 Å². The van der Waals surface area contributed by atoms with Gasteiger partial charge in [-0.05, 0) is 37.5 Å². The van der Waals surface area contributed by atoms with E-state index in [1.54, 1.807) is 7.11 Å². The maximum absolute atomic E-state index is 12.2. The Morgan fingerprint density at radius 2 is 1.88 bits per heavy atom. The molecule has 2 fully saturated rings. The second-order valence-electron chi connectivity index (χ2n) is 5.47. The molecule has 0 bridgehead atoms. The highest BCUT2D eigenvalue weighted by atomic mass is 16.5. The lowest BCUT2D eigenvalue weighted by Crippen LogP contribution is -2.42. The van der Waals surface area contributed by atoms with E-state index in [0.717, 1.165) is 11.8 Å². The number of hydrogen-bond acceptors (Lipinski definition) is 3. The summed E-state index contributed by atoms with van der Waals surface area (Å²) < 4.78 is 5.18. The van der Waals surface area contributed by atoms with E-state index in [9.17, 15) is 4.79 Å². The Morgan fingerprint density at radius 3 is 2.24 bits per heavy atom. The van der Waals surface area contributed by atoms with Crippen molar-refractivity contribution in [3.63, 3.8) is 0 Å². The summed E-state index contributed by atoms with van der Waals surface area (Å²) in [5, 5.41) is 0. The van der Waals surface area contributed by atoms with Gasteiger partial charge in [0, 0.05) is 26.7 Å². The first-order valence-electron chi connectivity index (χ1n) is 6.66. The van der Waals surface area contributed by atoms with Crippen molar-refractivity contribution in [3.8, 4) is 0 Å². The molecule has 0 aromatic heterocycles. The van der Waals surface area contributed by atoms with Crippen LogP contribution >= 0.6 is 0 Å². The van der Waals surface area contributed by atoms with E-state index in [1.165, 1.54) is 25.7 Å². The quantitative estimate of drug-likeness (QED) is 0.722. The second-order valence-corrected chi connectivity index (χ2v) is 5.47. The molecule has 0 saturated heterocycles. The van der Waals surface area contributed by atoms with Crippen molar-refractivity contribution in [2.45, 2.75) is 44.2 Å². The highest BCUT2D eigenvalue weighted by Crippen LogP contribution is 2.46. The molecule has 1 atom stereocenters. The molecule has 2 N–H and O–H groups in total. The minimum absolute atomic E-state index is 0.135. The minimum atomic E-state index is -0.135. The van der Waals surface area contributed by atoms with Gasteiger partial charge in [0.25, 0.3) is 0 Å². The van der Waals surface area contributed by atoms with Crippen molar-refractivity contribution < 1.29 is 9.53 Å². The molecule has 2 aliphatic rings. The van der Waals surface area contributed by atoms with Crippen LogP contribution in [0.2, 0.25) is 0 Å². The SMILES string of the molecule is COC(CN)CC(=O)N(C)C(C1CC1)C1CC1. The number of methoxy groups -OCH3 is 1. The third-order valence-corrected chi connectivity index (χ3v) is 4.05. The standard InChI is InChI=1S/C13H24N2O2/c1-15(12(16)7-11(8-14)17-2)13(9-3-4-9)10-5-6-10/h9-11,13H,3-8,14H2,1-2H3. The zero-order valence-electron chi connectivity index (χ0n) is 10.9. The summed E-state index contributed by atoms with van der Waals surface area (Å²) in [6, 6.07) is 0.484. The van der Waals surface area contributed by atoms with Crippen molar-refractivity contribution in [2.75, 3.05) is 20.7 Å². The molecule has 17 heavy (non-hydrogen) atoms. The lowest BCUT2D eigenvalue weighted by atomic mass is 10.0. The second kappa shape index (κ2) is 5.36. The summed E-state index contributed by atoms with van der Waals surface area (Å²) in [6.45, 7) is 0.410. The average Bonchev–Trinajstić information content (AvgIpc) is 3.17. The molecule has 4 heteroatoms. The normalized spacial score (nSPS) is 21.6. The van der Waals surface area contributed by atoms with Gasteiger partial charge >= 0.3 is 0 Å². The maximum atomic E-state index is 12.2. The van der Waals surface area contributed by atoms with Crippen LogP contribution in [-0.2, 0) is 9.53 Å². The molecule has 0 heterocycles. The van der Waals surface area contributed by atoms with E-state index in [0.29, 0.717) is 19.0 Å². The zero-order chi connectivity index (χ0) is 12.4. The summed E-state index contributed by atoms with van der Waals surface area (Å²) in [7, 11) is 3.57. The van der Waals surface area contributed by atoms with Gasteiger partial charge in [-0.3, -0.25) is 4.79 Å². The largest absolute Gasteiger partial charge is 0.380 e. The van der Waals surface area contributed by atoms with Crippen molar-refractivity contribution >= 4 is 5.91 Å². The molecule has 2 aliphatic carbocycles. The summed E-state index contributed by atoms with van der Waals surface area (Å²) in [4.78, 5) is 14.1. The van der Waals surface area contributed by atoms with Crippen molar-refractivity contribution in [3.05, 3.63) is 0 Å². The van der Waals surface area contributed by atoms with Crippen LogP contribution in [0, 0.1) is 11.8 Å². The van der Waals surface area contributed by atoms with E-state index < -0.39 is 0 Å².